The van der Waals surface area contributed by atoms with Crippen LogP contribution in [0.2, 0.25) is 0 Å². The van der Waals surface area contributed by atoms with Gasteiger partial charge in [0, 0.05) is 17.1 Å². The zero-order valence-electron chi connectivity index (χ0n) is 14.7. The third-order valence-corrected chi connectivity index (χ3v) is 5.99. The molecule has 6 nitrogen and oxygen atoms in total. The van der Waals surface area contributed by atoms with Crippen LogP contribution in [0.25, 0.3) is 27.2 Å². The average Bonchev–Trinajstić information content (AvgIpc) is 3.43. The molecule has 0 spiro atoms. The first-order chi connectivity index (χ1) is 13.3. The van der Waals surface area contributed by atoms with Crippen LogP contribution in [-0.4, -0.2) is 33.1 Å². The molecule has 0 fully saturated rings. The van der Waals surface area contributed by atoms with E-state index in [0.717, 1.165) is 46.4 Å². The lowest BCUT2D eigenvalue weighted by Gasteiger charge is -2.06. The maximum Gasteiger partial charge on any atom is 0.350 e. The van der Waals surface area contributed by atoms with Gasteiger partial charge in [-0.25, -0.2) is 14.5 Å². The predicted molar refractivity (Wildman–Crippen MR) is 103 cm³/mol. The number of hydrogen-bond acceptors (Lipinski definition) is 6. The van der Waals surface area contributed by atoms with E-state index >= 15 is 0 Å². The number of esters is 1. The van der Waals surface area contributed by atoms with Crippen molar-refractivity contribution < 1.29 is 9.53 Å². The molecule has 3 aromatic heterocycles. The lowest BCUT2D eigenvalue weighted by atomic mass is 10.1. The van der Waals surface area contributed by atoms with Crippen LogP contribution in [0.15, 0.2) is 42.7 Å². The first-order valence-electron chi connectivity index (χ1n) is 8.76. The molecule has 4 aromatic rings. The number of rotatable bonds is 3. The van der Waals surface area contributed by atoms with E-state index in [9.17, 15) is 4.79 Å². The highest BCUT2D eigenvalue weighted by Gasteiger charge is 2.27. The number of hydrogen-bond donors (Lipinski definition) is 0. The van der Waals surface area contributed by atoms with Gasteiger partial charge >= 0.3 is 5.97 Å². The van der Waals surface area contributed by atoms with E-state index in [2.05, 4.69) is 15.3 Å². The zero-order chi connectivity index (χ0) is 18.4. The molecule has 1 aliphatic carbocycles. The Morgan fingerprint density at radius 1 is 1.22 bits per heavy atom. The summed E-state index contributed by atoms with van der Waals surface area (Å²) in [6.45, 7) is 0. The third kappa shape index (κ3) is 2.54. The van der Waals surface area contributed by atoms with Gasteiger partial charge in [0.15, 0.2) is 0 Å². The Morgan fingerprint density at radius 2 is 2.07 bits per heavy atom. The largest absolute Gasteiger partial charge is 0.465 e. The Hall–Kier alpha value is -3.06. The van der Waals surface area contributed by atoms with Gasteiger partial charge in [0.1, 0.15) is 21.1 Å². The molecule has 0 aliphatic heterocycles. The summed E-state index contributed by atoms with van der Waals surface area (Å²) in [7, 11) is 1.39. The van der Waals surface area contributed by atoms with Crippen LogP contribution >= 0.6 is 11.3 Å². The molecule has 134 valence electrons. The van der Waals surface area contributed by atoms with E-state index in [4.69, 9.17) is 4.74 Å². The maximum absolute atomic E-state index is 12.5. The van der Waals surface area contributed by atoms with Crippen LogP contribution in [0.4, 0.5) is 0 Å². The van der Waals surface area contributed by atoms with E-state index < -0.39 is 0 Å². The summed E-state index contributed by atoms with van der Waals surface area (Å²) in [6, 6.07) is 9.86. The Labute approximate surface area is 159 Å². The minimum atomic E-state index is -0.378. The van der Waals surface area contributed by atoms with Gasteiger partial charge in [0.2, 0.25) is 0 Å². The average molecular weight is 376 g/mol. The fraction of sp³-hybridized carbons (Fsp3) is 0.200. The van der Waals surface area contributed by atoms with E-state index in [1.54, 1.807) is 4.68 Å². The van der Waals surface area contributed by atoms with Crippen LogP contribution in [0.5, 0.6) is 0 Å². The van der Waals surface area contributed by atoms with Gasteiger partial charge in [-0.3, -0.25) is 0 Å². The highest BCUT2D eigenvalue weighted by molar-refractivity contribution is 7.21. The molecule has 3 heterocycles. The summed E-state index contributed by atoms with van der Waals surface area (Å²) in [5.41, 5.74) is 4.97. The van der Waals surface area contributed by atoms with Crippen molar-refractivity contribution in [2.24, 2.45) is 0 Å². The summed E-state index contributed by atoms with van der Waals surface area (Å²) >= 11 is 1.35. The molecule has 0 N–H and O–H groups in total. The molecule has 1 aromatic carbocycles. The number of thiophene rings is 1. The summed E-state index contributed by atoms with van der Waals surface area (Å²) in [5.74, 6) is -0.378. The van der Waals surface area contributed by atoms with Crippen molar-refractivity contribution in [3.8, 4) is 16.9 Å². The van der Waals surface area contributed by atoms with Gasteiger partial charge in [0.05, 0.1) is 13.3 Å². The molecule has 5 rings (SSSR count). The Kier molecular flexibility index (Phi) is 3.75. The number of ether oxygens (including phenoxy) is 1. The molecule has 0 atom stereocenters. The minimum absolute atomic E-state index is 0.378. The predicted octanol–water partition coefficient (Wildman–Crippen LogP) is 3.82. The van der Waals surface area contributed by atoms with Crippen LogP contribution in [0, 0.1) is 0 Å². The van der Waals surface area contributed by atoms with Crippen molar-refractivity contribution in [1.29, 1.82) is 0 Å². The maximum atomic E-state index is 12.5. The van der Waals surface area contributed by atoms with Gasteiger partial charge in [0.25, 0.3) is 0 Å². The number of benzene rings is 1. The van der Waals surface area contributed by atoms with Crippen molar-refractivity contribution in [3.05, 3.63) is 58.7 Å². The Morgan fingerprint density at radius 3 is 2.89 bits per heavy atom. The highest BCUT2D eigenvalue weighted by Crippen LogP contribution is 2.39. The quantitative estimate of drug-likeness (QED) is 0.509. The number of methoxy groups -OCH3 is 1. The standard InChI is InChI=1S/C20H16N4O2S/c1-26-20(25)18-17(16-14-9-5-8-13(14)10-21-19(16)27-18)24-11-15(22-23-24)12-6-3-2-4-7-12/h2-4,6-7,10-11H,5,8-9H2,1H3. The van der Waals surface area contributed by atoms with Crippen LogP contribution in [0.1, 0.15) is 27.2 Å². The highest BCUT2D eigenvalue weighted by atomic mass is 32.1. The Bertz CT molecular complexity index is 1160. The number of carbonyl (C=O) groups excluding carboxylic acids is 1. The summed E-state index contributed by atoms with van der Waals surface area (Å²) in [6.07, 6.45) is 6.90. The second kappa shape index (κ2) is 6.28. The normalized spacial score (nSPS) is 13.1. The first kappa shape index (κ1) is 16.1. The molecule has 0 bridgehead atoms. The van der Waals surface area contributed by atoms with E-state index in [1.807, 2.05) is 42.7 Å². The van der Waals surface area contributed by atoms with Gasteiger partial charge in [-0.1, -0.05) is 35.5 Å². The van der Waals surface area contributed by atoms with Crippen LogP contribution < -0.4 is 0 Å². The number of nitrogens with zero attached hydrogens (tertiary/aromatic N) is 4. The molecule has 0 saturated carbocycles. The van der Waals surface area contributed by atoms with Crippen molar-refractivity contribution in [3.63, 3.8) is 0 Å². The topological polar surface area (TPSA) is 69.9 Å². The van der Waals surface area contributed by atoms with Gasteiger partial charge in [-0.15, -0.1) is 16.4 Å². The van der Waals surface area contributed by atoms with E-state index in [-0.39, 0.29) is 5.97 Å². The third-order valence-electron chi connectivity index (χ3n) is 4.93. The number of aromatic nitrogens is 4. The molecule has 1 aliphatic rings. The van der Waals surface area contributed by atoms with Crippen LogP contribution in [0.3, 0.4) is 0 Å². The summed E-state index contributed by atoms with van der Waals surface area (Å²) in [4.78, 5) is 18.4. The van der Waals surface area contributed by atoms with Crippen LogP contribution in [-0.2, 0) is 17.6 Å². The molecule has 0 amide bonds. The molecule has 27 heavy (non-hydrogen) atoms. The zero-order valence-corrected chi connectivity index (χ0v) is 15.5. The second-order valence-corrected chi connectivity index (χ2v) is 7.48. The lowest BCUT2D eigenvalue weighted by molar-refractivity contribution is 0.0606. The number of aryl methyl sites for hydroxylation is 2. The molecule has 0 radical (unpaired) electrons. The minimum Gasteiger partial charge on any atom is -0.465 e. The molecule has 0 saturated heterocycles. The van der Waals surface area contributed by atoms with Gasteiger partial charge in [-0.2, -0.15) is 0 Å². The number of carbonyl (C=O) groups is 1. The van der Waals surface area contributed by atoms with Crippen molar-refractivity contribution in [2.75, 3.05) is 7.11 Å². The lowest BCUT2D eigenvalue weighted by Crippen LogP contribution is -2.05. The number of fused-ring (bicyclic) bond motifs is 3. The fourth-order valence-electron chi connectivity index (χ4n) is 3.67. The monoisotopic (exact) mass is 376 g/mol. The van der Waals surface area contributed by atoms with Crippen molar-refractivity contribution >= 4 is 27.5 Å². The van der Waals surface area contributed by atoms with Gasteiger partial charge in [-0.05, 0) is 30.4 Å². The molecular formula is C20H16N4O2S. The smallest absolute Gasteiger partial charge is 0.350 e. The van der Waals surface area contributed by atoms with Gasteiger partial charge < -0.3 is 4.74 Å². The van der Waals surface area contributed by atoms with E-state index in [1.165, 1.54) is 29.6 Å². The van der Waals surface area contributed by atoms with Crippen molar-refractivity contribution in [2.45, 2.75) is 19.3 Å². The van der Waals surface area contributed by atoms with Crippen molar-refractivity contribution in [1.82, 2.24) is 20.0 Å². The summed E-state index contributed by atoms with van der Waals surface area (Å²) in [5, 5.41) is 9.64. The SMILES string of the molecule is COC(=O)c1sc2ncc3c(c2c1-n1cc(-c2ccccc2)nn1)CCC3. The molecular weight excluding hydrogens is 360 g/mol. The fourth-order valence-corrected chi connectivity index (χ4v) is 4.75. The van der Waals surface area contributed by atoms with E-state index in [0.29, 0.717) is 4.88 Å². The summed E-state index contributed by atoms with van der Waals surface area (Å²) < 4.78 is 6.71. The first-order valence-corrected chi connectivity index (χ1v) is 9.57. The molecule has 7 heteroatoms. The second-order valence-electron chi connectivity index (χ2n) is 6.48. The Balaban J connectivity index is 1.76. The number of pyridine rings is 1. The molecule has 0 unspecified atom stereocenters.